The minimum atomic E-state index is -3.96. The molecule has 170 valence electrons. The summed E-state index contributed by atoms with van der Waals surface area (Å²) in [5, 5.41) is 5.59. The number of nitrogens with one attached hydrogen (secondary N) is 2. The highest BCUT2D eigenvalue weighted by molar-refractivity contribution is 7.89. The molecule has 2 heterocycles. The Morgan fingerprint density at radius 3 is 2.59 bits per heavy atom. The Labute approximate surface area is 188 Å². The van der Waals surface area contributed by atoms with Gasteiger partial charge in [0.05, 0.1) is 10.6 Å². The molecule has 2 aromatic rings. The third-order valence-electron chi connectivity index (χ3n) is 6.08. The molecular formula is C23H27N3O5S. The van der Waals surface area contributed by atoms with Crippen molar-refractivity contribution in [3.8, 4) is 5.75 Å². The van der Waals surface area contributed by atoms with Crippen LogP contribution in [-0.2, 0) is 19.6 Å². The van der Waals surface area contributed by atoms with Crippen molar-refractivity contribution >= 4 is 33.2 Å². The number of carbonyl (C=O) groups is 2. The van der Waals surface area contributed by atoms with Crippen LogP contribution in [0.1, 0.15) is 36.5 Å². The second-order valence-corrected chi connectivity index (χ2v) is 10.3. The average Bonchev–Trinajstić information content (AvgIpc) is 3.22. The van der Waals surface area contributed by atoms with Crippen LogP contribution in [0, 0.1) is 20.8 Å². The summed E-state index contributed by atoms with van der Waals surface area (Å²) >= 11 is 0. The Morgan fingerprint density at radius 1 is 1.12 bits per heavy atom. The number of ether oxygens (including phenoxy) is 1. The molecule has 0 unspecified atom stereocenters. The highest BCUT2D eigenvalue weighted by Crippen LogP contribution is 2.37. The number of aryl methyl sites for hydroxylation is 3. The zero-order chi connectivity index (χ0) is 23.2. The standard InChI is InChI=1S/C23H27N3O5S/c1-13-7-8-17(10-14(13)2)24-23(28)19-6-5-9-26(19)32(29,30)21-12-20-18(11-15(21)3)25-22(27)16(4)31-20/h7-8,10-12,16,19H,5-6,9H2,1-4H3,(H,24,28)(H,25,27)/t16-,19+/m1/s1. The third kappa shape index (κ3) is 3.98. The van der Waals surface area contributed by atoms with Crippen LogP contribution in [0.15, 0.2) is 35.2 Å². The maximum atomic E-state index is 13.6. The SMILES string of the molecule is Cc1ccc(NC(=O)[C@@H]2CCCN2S(=O)(=O)c2cc3c(cc2C)NC(=O)[C@@H](C)O3)cc1C. The van der Waals surface area contributed by atoms with Gasteiger partial charge in [-0.3, -0.25) is 9.59 Å². The molecule has 0 aromatic heterocycles. The Hall–Kier alpha value is -2.91. The molecule has 4 rings (SSSR count). The van der Waals surface area contributed by atoms with Crippen LogP contribution in [0.4, 0.5) is 11.4 Å². The van der Waals surface area contributed by atoms with Gasteiger partial charge in [-0.1, -0.05) is 6.07 Å². The minimum Gasteiger partial charge on any atom is -0.479 e. The molecule has 2 N–H and O–H groups in total. The second-order valence-electron chi connectivity index (χ2n) is 8.43. The Balaban J connectivity index is 1.62. The maximum absolute atomic E-state index is 13.6. The number of hydrogen-bond donors (Lipinski definition) is 2. The van der Waals surface area contributed by atoms with Gasteiger partial charge in [0.2, 0.25) is 15.9 Å². The molecule has 0 spiro atoms. The van der Waals surface area contributed by atoms with Gasteiger partial charge in [0.1, 0.15) is 11.8 Å². The zero-order valence-corrected chi connectivity index (χ0v) is 19.4. The molecule has 8 nitrogen and oxygen atoms in total. The molecule has 0 saturated carbocycles. The quantitative estimate of drug-likeness (QED) is 0.734. The lowest BCUT2D eigenvalue weighted by atomic mass is 10.1. The van der Waals surface area contributed by atoms with Gasteiger partial charge in [-0.05, 0) is 75.4 Å². The van der Waals surface area contributed by atoms with E-state index in [0.29, 0.717) is 35.5 Å². The lowest BCUT2D eigenvalue weighted by molar-refractivity contribution is -0.122. The van der Waals surface area contributed by atoms with Gasteiger partial charge < -0.3 is 15.4 Å². The van der Waals surface area contributed by atoms with Crippen molar-refractivity contribution in [2.75, 3.05) is 17.2 Å². The number of fused-ring (bicyclic) bond motifs is 1. The van der Waals surface area contributed by atoms with Gasteiger partial charge in [-0.2, -0.15) is 4.31 Å². The summed E-state index contributed by atoms with van der Waals surface area (Å²) < 4.78 is 34.0. The number of anilines is 2. The summed E-state index contributed by atoms with van der Waals surface area (Å²) in [7, 11) is -3.96. The molecule has 2 aliphatic heterocycles. The van der Waals surface area contributed by atoms with Crippen LogP contribution >= 0.6 is 0 Å². The monoisotopic (exact) mass is 457 g/mol. The topological polar surface area (TPSA) is 105 Å². The summed E-state index contributed by atoms with van der Waals surface area (Å²) in [4.78, 5) is 24.9. The van der Waals surface area contributed by atoms with Gasteiger partial charge in [-0.25, -0.2) is 8.42 Å². The predicted molar refractivity (Wildman–Crippen MR) is 121 cm³/mol. The number of rotatable bonds is 4. The van der Waals surface area contributed by atoms with Gasteiger partial charge in [0.15, 0.2) is 6.10 Å². The van der Waals surface area contributed by atoms with Gasteiger partial charge in [-0.15, -0.1) is 0 Å². The van der Waals surface area contributed by atoms with E-state index in [2.05, 4.69) is 10.6 Å². The molecule has 9 heteroatoms. The summed E-state index contributed by atoms with van der Waals surface area (Å²) in [6.07, 6.45) is 0.324. The number of sulfonamides is 1. The average molecular weight is 458 g/mol. The molecule has 0 bridgehead atoms. The zero-order valence-electron chi connectivity index (χ0n) is 18.6. The molecule has 1 fully saturated rings. The van der Waals surface area contributed by atoms with Gasteiger partial charge >= 0.3 is 0 Å². The predicted octanol–water partition coefficient (Wildman–Crippen LogP) is 3.12. The molecule has 2 aromatic carbocycles. The Morgan fingerprint density at radius 2 is 1.88 bits per heavy atom. The van der Waals surface area contributed by atoms with Crippen molar-refractivity contribution in [3.05, 3.63) is 47.0 Å². The van der Waals surface area contributed by atoms with E-state index in [0.717, 1.165) is 11.1 Å². The highest BCUT2D eigenvalue weighted by atomic mass is 32.2. The summed E-state index contributed by atoms with van der Waals surface area (Å²) in [6.45, 7) is 7.47. The van der Waals surface area contributed by atoms with E-state index in [9.17, 15) is 18.0 Å². The highest BCUT2D eigenvalue weighted by Gasteiger charge is 2.40. The fourth-order valence-corrected chi connectivity index (χ4v) is 5.96. The van der Waals surface area contributed by atoms with Crippen molar-refractivity contribution in [1.29, 1.82) is 0 Å². The third-order valence-corrected chi connectivity index (χ3v) is 8.13. The first-order chi connectivity index (χ1) is 15.1. The maximum Gasteiger partial charge on any atom is 0.265 e. The van der Waals surface area contributed by atoms with E-state index in [-0.39, 0.29) is 23.3 Å². The van der Waals surface area contributed by atoms with E-state index >= 15 is 0 Å². The van der Waals surface area contributed by atoms with E-state index in [1.807, 2.05) is 32.0 Å². The molecule has 2 amide bonds. The number of benzene rings is 2. The number of hydrogen-bond acceptors (Lipinski definition) is 5. The van der Waals surface area contributed by atoms with E-state index in [1.54, 1.807) is 19.9 Å². The Bertz CT molecular complexity index is 1210. The van der Waals surface area contributed by atoms with E-state index in [1.165, 1.54) is 10.4 Å². The first kappa shape index (κ1) is 22.3. The van der Waals surface area contributed by atoms with Crippen LogP contribution in [0.2, 0.25) is 0 Å². The van der Waals surface area contributed by atoms with Gasteiger partial charge in [0.25, 0.3) is 5.91 Å². The summed E-state index contributed by atoms with van der Waals surface area (Å²) in [5.41, 5.74) is 3.72. The van der Waals surface area contributed by atoms with Crippen LogP contribution in [0.25, 0.3) is 0 Å². The molecule has 2 aliphatic rings. The Kier molecular flexibility index (Phi) is 5.72. The first-order valence-corrected chi connectivity index (χ1v) is 12.0. The van der Waals surface area contributed by atoms with Crippen LogP contribution in [-0.4, -0.2) is 43.2 Å². The largest absolute Gasteiger partial charge is 0.479 e. The lowest BCUT2D eigenvalue weighted by Crippen LogP contribution is -2.43. The lowest BCUT2D eigenvalue weighted by Gasteiger charge is -2.27. The van der Waals surface area contributed by atoms with E-state index in [4.69, 9.17) is 4.74 Å². The van der Waals surface area contributed by atoms with E-state index < -0.39 is 22.2 Å². The molecule has 32 heavy (non-hydrogen) atoms. The fraction of sp³-hybridized carbons (Fsp3) is 0.391. The minimum absolute atomic E-state index is 0.0745. The molecular weight excluding hydrogens is 430 g/mol. The first-order valence-electron chi connectivity index (χ1n) is 10.6. The summed E-state index contributed by atoms with van der Waals surface area (Å²) in [6, 6.07) is 7.84. The van der Waals surface area contributed by atoms with Crippen molar-refractivity contribution in [1.82, 2.24) is 4.31 Å². The van der Waals surface area contributed by atoms with Crippen molar-refractivity contribution in [2.24, 2.45) is 0 Å². The molecule has 2 atom stereocenters. The number of carbonyl (C=O) groups excluding carboxylic acids is 2. The smallest absolute Gasteiger partial charge is 0.265 e. The van der Waals surface area contributed by atoms with Crippen molar-refractivity contribution in [3.63, 3.8) is 0 Å². The fourth-order valence-electron chi connectivity index (χ4n) is 4.08. The second kappa shape index (κ2) is 8.22. The van der Waals surface area contributed by atoms with Crippen LogP contribution < -0.4 is 15.4 Å². The van der Waals surface area contributed by atoms with Crippen LogP contribution in [0.5, 0.6) is 5.75 Å². The molecule has 0 aliphatic carbocycles. The summed E-state index contributed by atoms with van der Waals surface area (Å²) in [5.74, 6) is -0.325. The molecule has 0 radical (unpaired) electrons. The number of nitrogens with zero attached hydrogens (tertiary/aromatic N) is 1. The number of amides is 2. The normalized spacial score (nSPS) is 20.9. The molecule has 1 saturated heterocycles. The van der Waals surface area contributed by atoms with Crippen molar-refractivity contribution < 1.29 is 22.7 Å². The van der Waals surface area contributed by atoms with Crippen molar-refractivity contribution in [2.45, 2.75) is 57.6 Å². The van der Waals surface area contributed by atoms with Gasteiger partial charge in [0, 0.05) is 18.3 Å². The van der Waals surface area contributed by atoms with Crippen LogP contribution in [0.3, 0.4) is 0 Å².